The first-order chi connectivity index (χ1) is 14.5. The van der Waals surface area contributed by atoms with Gasteiger partial charge in [-0.2, -0.15) is 0 Å². The van der Waals surface area contributed by atoms with E-state index < -0.39 is 22.8 Å². The maximum atomic E-state index is 13.8. The molecule has 0 fully saturated rings. The highest BCUT2D eigenvalue weighted by Crippen LogP contribution is 2.46. The lowest BCUT2D eigenvalue weighted by Gasteiger charge is -2.28. The largest absolute Gasteiger partial charge is 0.456 e. The van der Waals surface area contributed by atoms with Crippen LogP contribution in [0.3, 0.4) is 0 Å². The Morgan fingerprint density at radius 2 is 1.77 bits per heavy atom. The van der Waals surface area contributed by atoms with Crippen molar-refractivity contribution in [2.45, 2.75) is 11.7 Å². The molecule has 0 bridgehead atoms. The topological polar surface area (TPSA) is 63.6 Å². The highest BCUT2D eigenvalue weighted by atomic mass is 35.5. The quantitative estimate of drug-likeness (QED) is 0.422. The lowest BCUT2D eigenvalue weighted by Crippen LogP contribution is -2.16. The Hall–Kier alpha value is -2.80. The third kappa shape index (κ3) is 3.94. The Balaban J connectivity index is 1.91. The van der Waals surface area contributed by atoms with Gasteiger partial charge in [0.05, 0.1) is 16.7 Å². The fourth-order valence-electron chi connectivity index (χ4n) is 3.52. The second kappa shape index (κ2) is 8.52. The van der Waals surface area contributed by atoms with Crippen LogP contribution in [0.25, 0.3) is 11.3 Å². The number of allylic oxidation sites excluding steroid dienone is 1. The molecule has 0 spiro atoms. The second-order valence-corrected chi connectivity index (χ2v) is 8.13. The third-order valence-electron chi connectivity index (χ3n) is 4.89. The lowest BCUT2D eigenvalue weighted by atomic mass is 9.83. The molecule has 0 saturated carbocycles. The van der Waals surface area contributed by atoms with E-state index in [4.69, 9.17) is 20.9 Å². The summed E-state index contributed by atoms with van der Waals surface area (Å²) in [6, 6.07) is 18.5. The van der Waals surface area contributed by atoms with Gasteiger partial charge in [-0.25, -0.2) is 8.60 Å². The fraction of sp³-hybridized carbons (Fsp3) is 0.0870. The minimum atomic E-state index is -1.95. The summed E-state index contributed by atoms with van der Waals surface area (Å²) in [5, 5.41) is -0.0522. The van der Waals surface area contributed by atoms with Crippen LogP contribution in [-0.4, -0.2) is 15.0 Å². The molecular formula is C23H16ClFO4S. The van der Waals surface area contributed by atoms with Crippen LogP contribution >= 0.6 is 11.6 Å². The smallest absolute Gasteiger partial charge is 0.157 e. The summed E-state index contributed by atoms with van der Waals surface area (Å²) >= 11 is 4.06. The van der Waals surface area contributed by atoms with Crippen molar-refractivity contribution in [3.8, 4) is 5.75 Å². The highest BCUT2D eigenvalue weighted by Gasteiger charge is 2.31. The van der Waals surface area contributed by atoms with Gasteiger partial charge < -0.3 is 14.1 Å². The van der Waals surface area contributed by atoms with Crippen molar-refractivity contribution in [1.82, 2.24) is 0 Å². The van der Waals surface area contributed by atoms with E-state index in [-0.39, 0.29) is 10.8 Å². The standard InChI is InChI=1S/C23H16ClFO4S/c24-19-11-16(9-10-20(19)25)22-18(12-26)17-3-1-2-4-21(17)29-23(22)15-7-5-14(6-8-15)13-30(27)28/h1-12,18H,13H2,(H,27,28). The second-order valence-electron chi connectivity index (χ2n) is 6.79. The van der Waals surface area contributed by atoms with Crippen molar-refractivity contribution < 1.29 is 22.7 Å². The van der Waals surface area contributed by atoms with E-state index in [0.29, 0.717) is 39.3 Å². The zero-order valence-corrected chi connectivity index (χ0v) is 17.1. The van der Waals surface area contributed by atoms with Gasteiger partial charge in [-0.05, 0) is 29.3 Å². The van der Waals surface area contributed by atoms with Crippen molar-refractivity contribution in [3.05, 3.63) is 99.8 Å². The number of aldehydes is 1. The fourth-order valence-corrected chi connectivity index (χ4v) is 4.18. The van der Waals surface area contributed by atoms with Crippen LogP contribution in [0.4, 0.5) is 4.39 Å². The molecular weight excluding hydrogens is 427 g/mol. The summed E-state index contributed by atoms with van der Waals surface area (Å²) in [7, 11) is 0. The SMILES string of the molecule is O=CC1C(c2ccc(F)c(Cl)c2)=C(c2ccc(CS(=O)O)cc2)Oc2ccccc21. The highest BCUT2D eigenvalue weighted by molar-refractivity contribution is 7.78. The number of halogens is 2. The van der Waals surface area contributed by atoms with Gasteiger partial charge in [-0.3, -0.25) is 0 Å². The molecule has 2 unspecified atom stereocenters. The number of fused-ring (bicyclic) bond motifs is 1. The van der Waals surface area contributed by atoms with Crippen molar-refractivity contribution in [2.75, 3.05) is 0 Å². The van der Waals surface area contributed by atoms with Crippen molar-refractivity contribution >= 4 is 40.3 Å². The third-order valence-corrected chi connectivity index (χ3v) is 5.76. The van der Waals surface area contributed by atoms with E-state index >= 15 is 0 Å². The minimum absolute atomic E-state index is 0.0143. The minimum Gasteiger partial charge on any atom is -0.456 e. The van der Waals surface area contributed by atoms with E-state index in [1.165, 1.54) is 12.1 Å². The normalized spacial score (nSPS) is 16.6. The van der Waals surface area contributed by atoms with E-state index in [1.807, 2.05) is 18.2 Å². The molecule has 2 atom stereocenters. The number of hydrogen-bond acceptors (Lipinski definition) is 3. The van der Waals surface area contributed by atoms with Crippen LogP contribution in [-0.2, 0) is 21.6 Å². The lowest BCUT2D eigenvalue weighted by molar-refractivity contribution is -0.108. The van der Waals surface area contributed by atoms with Crippen LogP contribution in [0.5, 0.6) is 5.75 Å². The molecule has 0 aromatic heterocycles. The molecule has 4 rings (SSSR count). The average Bonchev–Trinajstić information content (AvgIpc) is 2.74. The first-order valence-electron chi connectivity index (χ1n) is 9.06. The van der Waals surface area contributed by atoms with E-state index in [2.05, 4.69) is 0 Å². The maximum Gasteiger partial charge on any atom is 0.157 e. The van der Waals surface area contributed by atoms with Gasteiger partial charge in [0.25, 0.3) is 0 Å². The van der Waals surface area contributed by atoms with Gasteiger partial charge in [0.15, 0.2) is 11.1 Å². The van der Waals surface area contributed by atoms with Gasteiger partial charge in [0.2, 0.25) is 0 Å². The monoisotopic (exact) mass is 442 g/mol. The van der Waals surface area contributed by atoms with Gasteiger partial charge in [0, 0.05) is 16.7 Å². The summed E-state index contributed by atoms with van der Waals surface area (Å²) in [5.74, 6) is -0.160. The van der Waals surface area contributed by atoms with Gasteiger partial charge in [-0.1, -0.05) is 60.1 Å². The molecule has 1 heterocycles. The Kier molecular flexibility index (Phi) is 5.81. The summed E-state index contributed by atoms with van der Waals surface area (Å²) in [6.45, 7) is 0. The summed E-state index contributed by atoms with van der Waals surface area (Å²) in [5.41, 5.74) is 3.22. The molecule has 1 N–H and O–H groups in total. The molecule has 1 aliphatic rings. The van der Waals surface area contributed by atoms with E-state index in [1.54, 1.807) is 36.4 Å². The Morgan fingerprint density at radius 3 is 2.43 bits per heavy atom. The Bertz CT molecular complexity index is 1170. The van der Waals surface area contributed by atoms with Crippen molar-refractivity contribution in [3.63, 3.8) is 0 Å². The molecule has 0 aliphatic carbocycles. The number of ether oxygens (including phenoxy) is 1. The molecule has 0 saturated heterocycles. The number of para-hydroxylation sites is 1. The van der Waals surface area contributed by atoms with Crippen LogP contribution < -0.4 is 4.74 Å². The molecule has 1 aliphatic heterocycles. The van der Waals surface area contributed by atoms with Crippen molar-refractivity contribution in [1.29, 1.82) is 0 Å². The van der Waals surface area contributed by atoms with Gasteiger partial charge in [-0.15, -0.1) is 0 Å². The van der Waals surface area contributed by atoms with Crippen LogP contribution in [0.1, 0.15) is 28.2 Å². The number of hydrogen-bond donors (Lipinski definition) is 1. The number of carbonyl (C=O) groups is 1. The number of benzene rings is 3. The van der Waals surface area contributed by atoms with Crippen LogP contribution in [0, 0.1) is 5.82 Å². The van der Waals surface area contributed by atoms with Crippen molar-refractivity contribution in [2.24, 2.45) is 0 Å². The summed E-state index contributed by atoms with van der Waals surface area (Å²) < 4.78 is 40.1. The first kappa shape index (κ1) is 20.5. The Morgan fingerprint density at radius 1 is 1.07 bits per heavy atom. The predicted octanol–water partition coefficient (Wildman–Crippen LogP) is 5.44. The van der Waals surface area contributed by atoms with E-state index in [9.17, 15) is 13.4 Å². The first-order valence-corrected chi connectivity index (χ1v) is 10.7. The van der Waals surface area contributed by atoms with E-state index in [0.717, 1.165) is 6.29 Å². The molecule has 30 heavy (non-hydrogen) atoms. The van der Waals surface area contributed by atoms with Gasteiger partial charge in [0.1, 0.15) is 23.6 Å². The molecule has 0 radical (unpaired) electrons. The summed E-state index contributed by atoms with van der Waals surface area (Å²) in [6.07, 6.45) is 0.831. The molecule has 3 aromatic rings. The Labute approximate surface area is 180 Å². The van der Waals surface area contributed by atoms with Crippen LogP contribution in [0.2, 0.25) is 5.02 Å². The maximum absolute atomic E-state index is 13.8. The zero-order chi connectivity index (χ0) is 21.3. The summed E-state index contributed by atoms with van der Waals surface area (Å²) in [4.78, 5) is 12.2. The van der Waals surface area contributed by atoms with Gasteiger partial charge >= 0.3 is 0 Å². The molecule has 152 valence electrons. The number of rotatable bonds is 5. The predicted molar refractivity (Wildman–Crippen MR) is 115 cm³/mol. The molecule has 0 amide bonds. The van der Waals surface area contributed by atoms with Crippen LogP contribution in [0.15, 0.2) is 66.7 Å². The molecule has 3 aromatic carbocycles. The molecule has 4 nitrogen and oxygen atoms in total. The average molecular weight is 443 g/mol. The zero-order valence-electron chi connectivity index (χ0n) is 15.5. The molecule has 7 heteroatoms. The number of carbonyl (C=O) groups excluding carboxylic acids is 1.